The molecule has 0 heterocycles. The van der Waals surface area contributed by atoms with Gasteiger partial charge in [0.25, 0.3) is 5.91 Å². The SMILES string of the molecule is N#CCCN(C(=O)COC(=O)/C=C/c1cccc(Br)c1)c1ccccc1. The van der Waals surface area contributed by atoms with E-state index in [-0.39, 0.29) is 25.5 Å². The first-order valence-electron chi connectivity index (χ1n) is 7.93. The highest BCUT2D eigenvalue weighted by Crippen LogP contribution is 2.14. The van der Waals surface area contributed by atoms with E-state index in [0.29, 0.717) is 5.69 Å². The lowest BCUT2D eigenvalue weighted by Gasteiger charge is -2.21. The Kier molecular flexibility index (Phi) is 7.59. The molecule has 1 amide bonds. The Hall–Kier alpha value is -2.91. The number of hydrogen-bond donors (Lipinski definition) is 0. The molecule has 132 valence electrons. The number of anilines is 1. The van der Waals surface area contributed by atoms with Gasteiger partial charge in [0.05, 0.1) is 12.5 Å². The lowest BCUT2D eigenvalue weighted by Crippen LogP contribution is -2.35. The fraction of sp³-hybridized carbons (Fsp3) is 0.150. The summed E-state index contributed by atoms with van der Waals surface area (Å²) in [7, 11) is 0. The first kappa shape index (κ1) is 19.4. The zero-order chi connectivity index (χ0) is 18.8. The van der Waals surface area contributed by atoms with E-state index in [2.05, 4.69) is 15.9 Å². The molecule has 0 aromatic heterocycles. The number of para-hydroxylation sites is 1. The van der Waals surface area contributed by atoms with Crippen LogP contribution in [0.1, 0.15) is 12.0 Å². The fourth-order valence-electron chi connectivity index (χ4n) is 2.20. The number of halogens is 1. The smallest absolute Gasteiger partial charge is 0.331 e. The minimum atomic E-state index is -0.605. The number of rotatable bonds is 7. The van der Waals surface area contributed by atoms with E-state index in [1.54, 1.807) is 30.3 Å². The van der Waals surface area contributed by atoms with Crippen molar-refractivity contribution >= 4 is 39.6 Å². The van der Waals surface area contributed by atoms with E-state index in [1.807, 2.05) is 36.4 Å². The van der Waals surface area contributed by atoms with Crippen LogP contribution in [-0.2, 0) is 14.3 Å². The minimum absolute atomic E-state index is 0.192. The number of carbonyl (C=O) groups is 2. The summed E-state index contributed by atoms with van der Waals surface area (Å²) in [6, 6.07) is 18.4. The van der Waals surface area contributed by atoms with Crippen LogP contribution in [0.5, 0.6) is 0 Å². The van der Waals surface area contributed by atoms with Crippen molar-refractivity contribution < 1.29 is 14.3 Å². The summed E-state index contributed by atoms with van der Waals surface area (Å²) in [6.07, 6.45) is 3.08. The molecule has 0 aliphatic rings. The van der Waals surface area contributed by atoms with E-state index >= 15 is 0 Å². The monoisotopic (exact) mass is 412 g/mol. The summed E-state index contributed by atoms with van der Waals surface area (Å²) < 4.78 is 5.93. The van der Waals surface area contributed by atoms with Gasteiger partial charge in [-0.15, -0.1) is 0 Å². The van der Waals surface area contributed by atoms with Crippen molar-refractivity contribution in [3.8, 4) is 6.07 Å². The zero-order valence-corrected chi connectivity index (χ0v) is 15.6. The van der Waals surface area contributed by atoms with Gasteiger partial charge in [0, 0.05) is 22.8 Å². The molecule has 2 rings (SSSR count). The maximum Gasteiger partial charge on any atom is 0.331 e. The predicted molar refractivity (Wildman–Crippen MR) is 103 cm³/mol. The van der Waals surface area contributed by atoms with Crippen LogP contribution in [0, 0.1) is 11.3 Å². The second-order valence-corrected chi connectivity index (χ2v) is 6.20. The Morgan fingerprint density at radius 2 is 1.92 bits per heavy atom. The van der Waals surface area contributed by atoms with Crippen LogP contribution >= 0.6 is 15.9 Å². The zero-order valence-electron chi connectivity index (χ0n) is 14.0. The summed E-state index contributed by atoms with van der Waals surface area (Å²) >= 11 is 3.35. The van der Waals surface area contributed by atoms with Crippen molar-refractivity contribution in [2.24, 2.45) is 0 Å². The highest BCUT2D eigenvalue weighted by atomic mass is 79.9. The van der Waals surface area contributed by atoms with Gasteiger partial charge in [-0.25, -0.2) is 4.79 Å². The molecule has 0 radical (unpaired) electrons. The maximum absolute atomic E-state index is 12.4. The van der Waals surface area contributed by atoms with Crippen LogP contribution < -0.4 is 4.90 Å². The van der Waals surface area contributed by atoms with Gasteiger partial charge in [0.2, 0.25) is 0 Å². The first-order valence-corrected chi connectivity index (χ1v) is 8.72. The molecule has 0 N–H and O–H groups in total. The molecule has 0 fully saturated rings. The first-order chi connectivity index (χ1) is 12.6. The molecule has 2 aromatic rings. The van der Waals surface area contributed by atoms with Gasteiger partial charge in [-0.2, -0.15) is 5.26 Å². The van der Waals surface area contributed by atoms with Crippen LogP contribution in [0.4, 0.5) is 5.69 Å². The van der Waals surface area contributed by atoms with Crippen molar-refractivity contribution in [3.63, 3.8) is 0 Å². The third kappa shape index (κ3) is 6.19. The Morgan fingerprint density at radius 3 is 2.62 bits per heavy atom. The average molecular weight is 413 g/mol. The predicted octanol–water partition coefficient (Wildman–Crippen LogP) is 3.95. The van der Waals surface area contributed by atoms with Crippen LogP contribution in [0.3, 0.4) is 0 Å². The van der Waals surface area contributed by atoms with Crippen molar-refractivity contribution in [2.45, 2.75) is 6.42 Å². The lowest BCUT2D eigenvalue weighted by molar-refractivity contribution is -0.142. The highest BCUT2D eigenvalue weighted by molar-refractivity contribution is 9.10. The molecule has 2 aromatic carbocycles. The maximum atomic E-state index is 12.4. The van der Waals surface area contributed by atoms with Crippen LogP contribution in [0.2, 0.25) is 0 Å². The molecule has 0 bridgehead atoms. The fourth-order valence-corrected chi connectivity index (χ4v) is 2.62. The number of hydrogen-bond acceptors (Lipinski definition) is 4. The molecule has 0 saturated carbocycles. The van der Waals surface area contributed by atoms with E-state index < -0.39 is 5.97 Å². The van der Waals surface area contributed by atoms with Gasteiger partial charge < -0.3 is 9.64 Å². The second-order valence-electron chi connectivity index (χ2n) is 5.29. The molecule has 0 aliphatic carbocycles. The van der Waals surface area contributed by atoms with Crippen molar-refractivity contribution in [2.75, 3.05) is 18.1 Å². The molecular formula is C20H17BrN2O3. The number of esters is 1. The normalized spacial score (nSPS) is 10.3. The molecule has 5 nitrogen and oxygen atoms in total. The number of benzene rings is 2. The van der Waals surface area contributed by atoms with E-state index in [0.717, 1.165) is 10.0 Å². The number of carbonyl (C=O) groups excluding carboxylic acids is 2. The van der Waals surface area contributed by atoms with Crippen LogP contribution in [0.25, 0.3) is 6.08 Å². The van der Waals surface area contributed by atoms with Crippen molar-refractivity contribution in [1.29, 1.82) is 5.26 Å². The standard InChI is InChI=1S/C20H17BrN2O3/c21-17-7-4-6-16(14-17)10-11-20(25)26-15-19(24)23(13-5-12-22)18-8-2-1-3-9-18/h1-4,6-11,14H,5,13,15H2/b11-10+. The Labute approximate surface area is 160 Å². The van der Waals surface area contributed by atoms with Gasteiger partial charge in [-0.05, 0) is 35.9 Å². The van der Waals surface area contributed by atoms with Gasteiger partial charge in [0.1, 0.15) is 0 Å². The number of ether oxygens (including phenoxy) is 1. The molecule has 0 atom stereocenters. The van der Waals surface area contributed by atoms with Gasteiger partial charge in [0.15, 0.2) is 6.61 Å². The van der Waals surface area contributed by atoms with Crippen molar-refractivity contribution in [3.05, 3.63) is 70.7 Å². The molecule has 6 heteroatoms. The molecular weight excluding hydrogens is 396 g/mol. The highest BCUT2D eigenvalue weighted by Gasteiger charge is 2.16. The molecule has 26 heavy (non-hydrogen) atoms. The number of nitriles is 1. The summed E-state index contributed by atoms with van der Waals surface area (Å²) in [6.45, 7) is -0.146. The Bertz CT molecular complexity index is 828. The Morgan fingerprint density at radius 1 is 1.15 bits per heavy atom. The topological polar surface area (TPSA) is 70.4 Å². The number of nitrogens with zero attached hydrogens (tertiary/aromatic N) is 2. The van der Waals surface area contributed by atoms with Gasteiger partial charge >= 0.3 is 5.97 Å². The minimum Gasteiger partial charge on any atom is -0.452 e. The molecule has 0 spiro atoms. The largest absolute Gasteiger partial charge is 0.452 e. The lowest BCUT2D eigenvalue weighted by atomic mass is 10.2. The quantitative estimate of drug-likeness (QED) is 0.509. The summed E-state index contributed by atoms with van der Waals surface area (Å²) in [5.74, 6) is -0.984. The second kappa shape index (κ2) is 10.2. The third-order valence-corrected chi connectivity index (χ3v) is 3.91. The number of amides is 1. The van der Waals surface area contributed by atoms with Gasteiger partial charge in [-0.1, -0.05) is 46.3 Å². The van der Waals surface area contributed by atoms with Crippen LogP contribution in [-0.4, -0.2) is 25.0 Å². The van der Waals surface area contributed by atoms with E-state index in [9.17, 15) is 9.59 Å². The molecule has 0 aliphatic heterocycles. The van der Waals surface area contributed by atoms with Gasteiger partial charge in [-0.3, -0.25) is 4.79 Å². The average Bonchev–Trinajstić information content (AvgIpc) is 2.66. The summed E-state index contributed by atoms with van der Waals surface area (Å²) in [4.78, 5) is 25.7. The summed E-state index contributed by atoms with van der Waals surface area (Å²) in [5, 5.41) is 8.77. The Balaban J connectivity index is 1.94. The van der Waals surface area contributed by atoms with E-state index in [1.165, 1.54) is 11.0 Å². The third-order valence-electron chi connectivity index (χ3n) is 3.41. The molecule has 0 unspecified atom stereocenters. The van der Waals surface area contributed by atoms with Crippen molar-refractivity contribution in [1.82, 2.24) is 0 Å². The van der Waals surface area contributed by atoms with E-state index in [4.69, 9.17) is 10.00 Å². The summed E-state index contributed by atoms with van der Waals surface area (Å²) in [5.41, 5.74) is 1.50. The van der Waals surface area contributed by atoms with Crippen LogP contribution in [0.15, 0.2) is 65.1 Å². The molecule has 0 saturated heterocycles.